The predicted molar refractivity (Wildman–Crippen MR) is 76.1 cm³/mol. The van der Waals surface area contributed by atoms with Crippen LogP contribution in [-0.4, -0.2) is 18.0 Å². The molecule has 0 aliphatic carbocycles. The van der Waals surface area contributed by atoms with E-state index in [1.165, 1.54) is 7.11 Å². The number of pyridine rings is 1. The number of ether oxygens (including phenoxy) is 1. The van der Waals surface area contributed by atoms with E-state index >= 15 is 0 Å². The van der Waals surface area contributed by atoms with Crippen LogP contribution in [-0.2, 0) is 6.54 Å². The summed E-state index contributed by atoms with van der Waals surface area (Å²) in [6, 6.07) is 11.2. The van der Waals surface area contributed by atoms with Crippen molar-refractivity contribution in [1.82, 2.24) is 10.3 Å². The van der Waals surface area contributed by atoms with Gasteiger partial charge in [-0.1, -0.05) is 28.1 Å². The van der Waals surface area contributed by atoms with Gasteiger partial charge in [0.25, 0.3) is 5.91 Å². The van der Waals surface area contributed by atoms with Crippen molar-refractivity contribution in [2.45, 2.75) is 6.54 Å². The van der Waals surface area contributed by atoms with Crippen LogP contribution < -0.4 is 10.1 Å². The quantitative estimate of drug-likeness (QED) is 0.942. The summed E-state index contributed by atoms with van der Waals surface area (Å²) in [5.41, 5.74) is 1.45. The molecule has 19 heavy (non-hydrogen) atoms. The third-order valence-corrected chi connectivity index (χ3v) is 3.04. The molecule has 1 heterocycles. The highest BCUT2D eigenvalue weighted by molar-refractivity contribution is 9.10. The van der Waals surface area contributed by atoms with Gasteiger partial charge in [-0.05, 0) is 29.8 Å². The van der Waals surface area contributed by atoms with Gasteiger partial charge < -0.3 is 10.1 Å². The number of rotatable bonds is 4. The molecule has 1 N–H and O–H groups in total. The second kappa shape index (κ2) is 6.33. The first-order valence-electron chi connectivity index (χ1n) is 5.72. The van der Waals surface area contributed by atoms with Gasteiger partial charge in [0.1, 0.15) is 5.56 Å². The molecule has 0 aliphatic rings. The van der Waals surface area contributed by atoms with Crippen LogP contribution in [0.1, 0.15) is 15.9 Å². The molecule has 0 saturated heterocycles. The van der Waals surface area contributed by atoms with Crippen molar-refractivity contribution < 1.29 is 9.53 Å². The highest BCUT2D eigenvalue weighted by Crippen LogP contribution is 2.14. The Morgan fingerprint density at radius 3 is 2.95 bits per heavy atom. The first-order chi connectivity index (χ1) is 9.20. The van der Waals surface area contributed by atoms with Crippen molar-refractivity contribution in [1.29, 1.82) is 0 Å². The number of nitrogens with one attached hydrogen (secondary N) is 1. The van der Waals surface area contributed by atoms with Crippen LogP contribution in [0.2, 0.25) is 0 Å². The summed E-state index contributed by atoms with van der Waals surface area (Å²) in [6.07, 6.45) is 1.59. The number of halogens is 1. The van der Waals surface area contributed by atoms with Crippen LogP contribution in [0.3, 0.4) is 0 Å². The van der Waals surface area contributed by atoms with E-state index in [9.17, 15) is 4.79 Å². The fourth-order valence-corrected chi connectivity index (χ4v) is 2.10. The van der Waals surface area contributed by atoms with Crippen molar-refractivity contribution in [2.24, 2.45) is 0 Å². The molecule has 0 unspecified atom stereocenters. The minimum Gasteiger partial charge on any atom is -0.480 e. The average molecular weight is 321 g/mol. The van der Waals surface area contributed by atoms with Crippen LogP contribution in [0.4, 0.5) is 0 Å². The molecule has 4 nitrogen and oxygen atoms in total. The van der Waals surface area contributed by atoms with Crippen LogP contribution in [0.15, 0.2) is 47.1 Å². The normalized spacial score (nSPS) is 10.0. The van der Waals surface area contributed by atoms with Crippen LogP contribution >= 0.6 is 15.9 Å². The Bertz CT molecular complexity index is 587. The van der Waals surface area contributed by atoms with Crippen LogP contribution in [0, 0.1) is 0 Å². The van der Waals surface area contributed by atoms with Crippen molar-refractivity contribution in [3.63, 3.8) is 0 Å². The molecule has 1 aromatic carbocycles. The lowest BCUT2D eigenvalue weighted by Crippen LogP contribution is -2.23. The molecule has 0 saturated carbocycles. The second-order valence-corrected chi connectivity index (χ2v) is 4.79. The number of aromatic nitrogens is 1. The Labute approximate surface area is 119 Å². The van der Waals surface area contributed by atoms with Gasteiger partial charge in [-0.2, -0.15) is 0 Å². The third kappa shape index (κ3) is 3.54. The Kier molecular flexibility index (Phi) is 4.52. The topological polar surface area (TPSA) is 51.2 Å². The average Bonchev–Trinajstić information content (AvgIpc) is 2.45. The molecule has 0 aliphatic heterocycles. The third-order valence-electron chi connectivity index (χ3n) is 2.55. The SMILES string of the molecule is COc1ncccc1C(=O)NCc1cccc(Br)c1. The van der Waals surface area contributed by atoms with E-state index in [1.807, 2.05) is 24.3 Å². The van der Waals surface area contributed by atoms with E-state index in [0.717, 1.165) is 10.0 Å². The van der Waals surface area contributed by atoms with Crippen molar-refractivity contribution >= 4 is 21.8 Å². The predicted octanol–water partition coefficient (Wildman–Crippen LogP) is 2.78. The zero-order valence-electron chi connectivity index (χ0n) is 10.4. The molecule has 0 spiro atoms. The van der Waals surface area contributed by atoms with Gasteiger partial charge in [0.15, 0.2) is 0 Å². The van der Waals surface area contributed by atoms with Gasteiger partial charge in [0.05, 0.1) is 7.11 Å². The Balaban J connectivity index is 2.05. The van der Waals surface area contributed by atoms with Gasteiger partial charge in [0.2, 0.25) is 5.88 Å². The number of hydrogen-bond donors (Lipinski definition) is 1. The number of nitrogens with zero attached hydrogens (tertiary/aromatic N) is 1. The zero-order valence-corrected chi connectivity index (χ0v) is 12.0. The summed E-state index contributed by atoms with van der Waals surface area (Å²) >= 11 is 3.39. The highest BCUT2D eigenvalue weighted by atomic mass is 79.9. The standard InChI is InChI=1S/C14H13BrN2O2/c1-19-14-12(6-3-7-16-14)13(18)17-9-10-4-2-5-11(15)8-10/h2-8H,9H2,1H3,(H,17,18). The smallest absolute Gasteiger partial charge is 0.257 e. The first-order valence-corrected chi connectivity index (χ1v) is 6.51. The molecule has 0 atom stereocenters. The Hall–Kier alpha value is -1.88. The number of benzene rings is 1. The molecule has 0 bridgehead atoms. The van der Waals surface area contributed by atoms with E-state index in [1.54, 1.807) is 18.3 Å². The molecule has 2 aromatic rings. The molecule has 1 aromatic heterocycles. The van der Waals surface area contributed by atoms with Crippen LogP contribution in [0.5, 0.6) is 5.88 Å². The Morgan fingerprint density at radius 2 is 2.21 bits per heavy atom. The van der Waals surface area contributed by atoms with Gasteiger partial charge >= 0.3 is 0 Å². The maximum absolute atomic E-state index is 12.0. The van der Waals surface area contributed by atoms with E-state index in [0.29, 0.717) is 18.0 Å². The number of methoxy groups -OCH3 is 1. The second-order valence-electron chi connectivity index (χ2n) is 3.87. The van der Waals surface area contributed by atoms with Crippen LogP contribution in [0.25, 0.3) is 0 Å². The number of carbonyl (C=O) groups excluding carboxylic acids is 1. The summed E-state index contributed by atoms with van der Waals surface area (Å²) < 4.78 is 6.04. The molecule has 5 heteroatoms. The van der Waals surface area contributed by atoms with Gasteiger partial charge in [-0.15, -0.1) is 0 Å². The lowest BCUT2D eigenvalue weighted by molar-refractivity contribution is 0.0947. The lowest BCUT2D eigenvalue weighted by Gasteiger charge is -2.08. The zero-order chi connectivity index (χ0) is 13.7. The minimum absolute atomic E-state index is 0.204. The number of amides is 1. The number of carbonyl (C=O) groups is 1. The van der Waals surface area contributed by atoms with Crippen molar-refractivity contribution in [2.75, 3.05) is 7.11 Å². The fourth-order valence-electron chi connectivity index (χ4n) is 1.65. The van der Waals surface area contributed by atoms with E-state index in [4.69, 9.17) is 4.74 Å². The summed E-state index contributed by atoms with van der Waals surface area (Å²) in [4.78, 5) is 16.0. The Morgan fingerprint density at radius 1 is 1.37 bits per heavy atom. The summed E-state index contributed by atoms with van der Waals surface area (Å²) in [5.74, 6) is 0.124. The number of hydrogen-bond acceptors (Lipinski definition) is 3. The monoisotopic (exact) mass is 320 g/mol. The van der Waals surface area contributed by atoms with Gasteiger partial charge in [-0.3, -0.25) is 4.79 Å². The summed E-state index contributed by atoms with van der Waals surface area (Å²) in [6.45, 7) is 0.455. The molecular formula is C14H13BrN2O2. The van der Waals surface area contributed by atoms with Gasteiger partial charge in [0, 0.05) is 17.2 Å². The maximum atomic E-state index is 12.0. The maximum Gasteiger partial charge on any atom is 0.257 e. The highest BCUT2D eigenvalue weighted by Gasteiger charge is 2.12. The molecule has 0 fully saturated rings. The molecule has 0 radical (unpaired) electrons. The summed E-state index contributed by atoms with van der Waals surface area (Å²) in [5, 5.41) is 2.84. The van der Waals surface area contributed by atoms with E-state index in [2.05, 4.69) is 26.2 Å². The van der Waals surface area contributed by atoms with E-state index < -0.39 is 0 Å². The van der Waals surface area contributed by atoms with Crippen molar-refractivity contribution in [3.05, 3.63) is 58.2 Å². The van der Waals surface area contributed by atoms with E-state index in [-0.39, 0.29) is 5.91 Å². The van der Waals surface area contributed by atoms with Crippen molar-refractivity contribution in [3.8, 4) is 5.88 Å². The molecule has 1 amide bonds. The molecule has 98 valence electrons. The first kappa shape index (κ1) is 13.5. The lowest BCUT2D eigenvalue weighted by atomic mass is 10.2. The summed E-state index contributed by atoms with van der Waals surface area (Å²) in [7, 11) is 1.49. The fraction of sp³-hybridized carbons (Fsp3) is 0.143. The van der Waals surface area contributed by atoms with Gasteiger partial charge in [-0.25, -0.2) is 4.98 Å². The minimum atomic E-state index is -0.204. The largest absolute Gasteiger partial charge is 0.480 e. The molecular weight excluding hydrogens is 308 g/mol. The molecule has 2 rings (SSSR count).